The first kappa shape index (κ1) is 29.1. The number of rotatable bonds is 13. The van der Waals surface area contributed by atoms with Gasteiger partial charge in [-0.15, -0.1) is 0 Å². The molecule has 8 nitrogen and oxygen atoms in total. The van der Waals surface area contributed by atoms with E-state index in [-0.39, 0.29) is 16.1 Å². The quantitative estimate of drug-likeness (QED) is 0.112. The minimum atomic E-state index is -1.08. The summed E-state index contributed by atoms with van der Waals surface area (Å²) in [7, 11) is 1.90. The van der Waals surface area contributed by atoms with Crippen LogP contribution in [0.4, 0.5) is 4.39 Å². The molecule has 33 heavy (non-hydrogen) atoms. The van der Waals surface area contributed by atoms with Gasteiger partial charge in [-0.1, -0.05) is 29.5 Å². The average molecular weight is 582 g/mol. The van der Waals surface area contributed by atoms with Crippen LogP contribution in [0.5, 0.6) is 0 Å². The van der Waals surface area contributed by atoms with Gasteiger partial charge >= 0.3 is 0 Å². The molecule has 192 valence electrons. The Labute approximate surface area is 213 Å². The molecule has 0 spiro atoms. The molecule has 2 fully saturated rings. The van der Waals surface area contributed by atoms with E-state index in [9.17, 15) is 5.11 Å². The van der Waals surface area contributed by atoms with E-state index >= 15 is 4.39 Å². The molecule has 10 heteroatoms. The van der Waals surface area contributed by atoms with Crippen LogP contribution < -0.4 is 16.8 Å². The predicted molar refractivity (Wildman–Crippen MR) is 139 cm³/mol. The lowest BCUT2D eigenvalue weighted by molar-refractivity contribution is -0.0101. The van der Waals surface area contributed by atoms with Gasteiger partial charge in [0.05, 0.1) is 16.3 Å². The van der Waals surface area contributed by atoms with Crippen molar-refractivity contribution in [2.75, 3.05) is 53.0 Å². The Kier molecular flexibility index (Phi) is 13.3. The number of nitrogens with one attached hydrogen (secondary N) is 1. The second kappa shape index (κ2) is 15.1. The average Bonchev–Trinajstić information content (AvgIpc) is 2.82. The minimum Gasteiger partial charge on any atom is -0.377 e. The number of likely N-dealkylation sites (tertiary alicyclic amines) is 1. The maximum Gasteiger partial charge on any atom is 0.153 e. The van der Waals surface area contributed by atoms with Gasteiger partial charge in [-0.25, -0.2) is 4.39 Å². The molecule has 6 N–H and O–H groups in total. The number of nitriles is 1. The van der Waals surface area contributed by atoms with Gasteiger partial charge in [-0.05, 0) is 83.6 Å². The number of aliphatic hydroxyl groups is 1. The predicted octanol–water partition coefficient (Wildman–Crippen LogP) is 1.49. The molecule has 0 bridgehead atoms. The highest BCUT2D eigenvalue weighted by molar-refractivity contribution is 14.1. The van der Waals surface area contributed by atoms with Gasteiger partial charge in [-0.3, -0.25) is 14.7 Å². The second-order valence-electron chi connectivity index (χ2n) is 9.85. The zero-order chi connectivity index (χ0) is 24.4. The Morgan fingerprint density at radius 1 is 1.21 bits per heavy atom. The van der Waals surface area contributed by atoms with Gasteiger partial charge in [0.1, 0.15) is 6.23 Å². The van der Waals surface area contributed by atoms with Crippen molar-refractivity contribution in [1.29, 1.82) is 5.26 Å². The molecule has 4 atom stereocenters. The summed E-state index contributed by atoms with van der Waals surface area (Å²) in [5.74, 6) is 1.19. The molecule has 1 heterocycles. The first-order chi connectivity index (χ1) is 15.8. The minimum absolute atomic E-state index is 0.183. The van der Waals surface area contributed by atoms with E-state index in [1.165, 1.54) is 0 Å². The van der Waals surface area contributed by atoms with Crippen molar-refractivity contribution >= 4 is 22.6 Å². The summed E-state index contributed by atoms with van der Waals surface area (Å²) in [6.07, 6.45) is 3.79. The molecule has 0 radical (unpaired) electrons. The number of alkyl halides is 2. The number of hydrogen-bond donors (Lipinski definition) is 4. The van der Waals surface area contributed by atoms with E-state index in [2.05, 4.69) is 50.7 Å². The van der Waals surface area contributed by atoms with Crippen LogP contribution in [0.25, 0.3) is 0 Å². The van der Waals surface area contributed by atoms with Crippen molar-refractivity contribution < 1.29 is 9.50 Å². The molecule has 1 saturated heterocycles. The Morgan fingerprint density at radius 2 is 1.85 bits per heavy atom. The first-order valence-electron chi connectivity index (χ1n) is 12.5. The van der Waals surface area contributed by atoms with E-state index in [0.29, 0.717) is 25.0 Å². The summed E-state index contributed by atoms with van der Waals surface area (Å²) < 4.78 is 15.6. The second-order valence-corrected chi connectivity index (χ2v) is 11.2. The van der Waals surface area contributed by atoms with E-state index in [4.69, 9.17) is 16.7 Å². The largest absolute Gasteiger partial charge is 0.377 e. The Hall–Kier alpha value is -0.130. The first-order valence-corrected chi connectivity index (χ1v) is 13.7. The number of halogens is 2. The van der Waals surface area contributed by atoms with Gasteiger partial charge in [0.25, 0.3) is 0 Å². The molecule has 0 amide bonds. The van der Waals surface area contributed by atoms with Crippen LogP contribution in [0.2, 0.25) is 0 Å². The van der Waals surface area contributed by atoms with Crippen LogP contribution in [0.3, 0.4) is 0 Å². The number of piperidine rings is 1. The number of nitrogens with zero attached hydrogens (tertiary/aromatic N) is 4. The van der Waals surface area contributed by atoms with Gasteiger partial charge < -0.3 is 21.9 Å². The van der Waals surface area contributed by atoms with Crippen LogP contribution in [-0.2, 0) is 0 Å². The smallest absolute Gasteiger partial charge is 0.153 e. The summed E-state index contributed by atoms with van der Waals surface area (Å²) in [6.45, 7) is 7.14. The third-order valence-electron chi connectivity index (χ3n) is 7.36. The molecule has 1 aliphatic heterocycles. The van der Waals surface area contributed by atoms with Gasteiger partial charge in [0.15, 0.2) is 6.17 Å². The van der Waals surface area contributed by atoms with Crippen LogP contribution in [0, 0.1) is 29.1 Å². The summed E-state index contributed by atoms with van der Waals surface area (Å²) in [5, 5.41) is 22.0. The lowest BCUT2D eigenvalue weighted by atomic mass is 9.82. The monoisotopic (exact) mass is 581 g/mol. The highest BCUT2D eigenvalue weighted by atomic mass is 127. The Balaban J connectivity index is 1.88. The van der Waals surface area contributed by atoms with Gasteiger partial charge in [0.2, 0.25) is 0 Å². The normalized spacial score (nSPS) is 26.8. The number of β-amino-alcohol motifs (C(OH)–C–C–N with tert-alkyl or cyclic N) is 1. The van der Waals surface area contributed by atoms with Crippen LogP contribution in [0.1, 0.15) is 45.4 Å². The molecule has 1 aliphatic carbocycles. The fourth-order valence-electron chi connectivity index (χ4n) is 5.24. The molecule has 4 unspecified atom stereocenters. The zero-order valence-corrected chi connectivity index (χ0v) is 22.5. The Bertz CT molecular complexity index is 580. The molecule has 0 aromatic heterocycles. The van der Waals surface area contributed by atoms with Crippen LogP contribution in [0.15, 0.2) is 0 Å². The van der Waals surface area contributed by atoms with E-state index in [0.717, 1.165) is 71.2 Å². The fourth-order valence-corrected chi connectivity index (χ4v) is 5.87. The van der Waals surface area contributed by atoms with Crippen molar-refractivity contribution in [3.05, 3.63) is 0 Å². The summed E-state index contributed by atoms with van der Waals surface area (Å²) >= 11 is 2.20. The molecule has 0 aromatic rings. The van der Waals surface area contributed by atoms with Gasteiger partial charge in [0, 0.05) is 25.7 Å². The number of aliphatic hydroxyl groups excluding tert-OH is 1. The topological polar surface area (TPSA) is 118 Å². The lowest BCUT2D eigenvalue weighted by Gasteiger charge is -2.42. The van der Waals surface area contributed by atoms with Gasteiger partial charge in [-0.2, -0.15) is 5.26 Å². The van der Waals surface area contributed by atoms with Crippen molar-refractivity contribution in [2.45, 2.75) is 68.1 Å². The maximum absolute atomic E-state index is 15.9. The summed E-state index contributed by atoms with van der Waals surface area (Å²) in [5.41, 5.74) is 11.4. The van der Waals surface area contributed by atoms with Crippen molar-refractivity contribution in [1.82, 2.24) is 20.0 Å². The molecular weight excluding hydrogens is 536 g/mol. The molecule has 1 saturated carbocycles. The standard InChI is InChI=1S/C23H45FIN7O/c1-3-32(14-19-6-4-17(12-26)5-7-19)23(30(2)16-27)21(24)22(25)29-13-18-8-10-31(11-9-18)15-20(28)33/h17-23,29,33H,3-11,13-16,27-28H2,1-2H3. The van der Waals surface area contributed by atoms with Crippen LogP contribution in [-0.4, -0.2) is 95.4 Å². The third kappa shape index (κ3) is 9.44. The highest BCUT2D eigenvalue weighted by Crippen LogP contribution is 2.30. The Morgan fingerprint density at radius 3 is 2.36 bits per heavy atom. The fraction of sp³-hybridized carbons (Fsp3) is 0.957. The number of hydrogen-bond acceptors (Lipinski definition) is 8. The van der Waals surface area contributed by atoms with Crippen molar-refractivity contribution in [2.24, 2.45) is 29.2 Å². The molecule has 2 aliphatic rings. The maximum atomic E-state index is 15.9. The van der Waals surface area contributed by atoms with Crippen LogP contribution >= 0.6 is 22.6 Å². The molecule has 0 aromatic carbocycles. The molecular formula is C23H45FIN7O. The van der Waals surface area contributed by atoms with E-state index < -0.39 is 12.4 Å². The van der Waals surface area contributed by atoms with E-state index in [1.54, 1.807) is 0 Å². The molecule has 2 rings (SSSR count). The zero-order valence-electron chi connectivity index (χ0n) is 20.4. The summed E-state index contributed by atoms with van der Waals surface area (Å²) in [4.78, 5) is 6.34. The summed E-state index contributed by atoms with van der Waals surface area (Å²) in [6, 6.07) is 2.40. The van der Waals surface area contributed by atoms with Crippen molar-refractivity contribution in [3.8, 4) is 6.07 Å². The third-order valence-corrected chi connectivity index (χ3v) is 8.49. The van der Waals surface area contributed by atoms with Crippen molar-refractivity contribution in [3.63, 3.8) is 0 Å². The lowest BCUT2D eigenvalue weighted by Crippen LogP contribution is -2.59. The van der Waals surface area contributed by atoms with E-state index in [1.807, 2.05) is 11.9 Å². The SMILES string of the molecule is CCN(CC1CCC(C#N)CC1)C(C(F)C(I)NCC1CCN(CC(N)O)CC1)N(C)CN. The highest BCUT2D eigenvalue weighted by Gasteiger charge is 2.36. The number of nitrogens with two attached hydrogens (primary N) is 2.